The van der Waals surface area contributed by atoms with Gasteiger partial charge in [-0.2, -0.15) is 0 Å². The van der Waals surface area contributed by atoms with Crippen molar-refractivity contribution < 1.29 is 9.90 Å². The zero-order chi connectivity index (χ0) is 16.2. The molecule has 0 fully saturated rings. The number of hydrogen-bond acceptors (Lipinski definition) is 2. The standard InChI is InChI=1S/C17H22N2O2/c1-7-11(5)14(18-10(3)4)9-15-12(6)16(17(20)21)13(8-2)19-15/h8-9,19H,3,5,7H2,1-2,4,6H3,(H,20,21)/b13-8+,15-9-,18-14?. The van der Waals surface area contributed by atoms with Crippen molar-refractivity contribution in [1.82, 2.24) is 4.98 Å². The van der Waals surface area contributed by atoms with Crippen molar-refractivity contribution in [2.75, 3.05) is 0 Å². The van der Waals surface area contributed by atoms with E-state index in [1.165, 1.54) is 0 Å². The van der Waals surface area contributed by atoms with Gasteiger partial charge in [-0.3, -0.25) is 4.99 Å². The molecule has 4 nitrogen and oxygen atoms in total. The van der Waals surface area contributed by atoms with Crippen LogP contribution in [0.5, 0.6) is 0 Å². The van der Waals surface area contributed by atoms with Crippen molar-refractivity contribution in [2.45, 2.75) is 34.1 Å². The van der Waals surface area contributed by atoms with Gasteiger partial charge in [0.1, 0.15) is 0 Å². The Morgan fingerprint density at radius 1 is 1.38 bits per heavy atom. The van der Waals surface area contributed by atoms with Crippen LogP contribution in [0.4, 0.5) is 0 Å². The normalized spacial score (nSPS) is 13.6. The molecule has 0 aliphatic carbocycles. The Labute approximate surface area is 124 Å². The second kappa shape index (κ2) is 6.88. The highest BCUT2D eigenvalue weighted by atomic mass is 16.4. The highest BCUT2D eigenvalue weighted by molar-refractivity contribution is 6.20. The maximum absolute atomic E-state index is 11.4. The summed E-state index contributed by atoms with van der Waals surface area (Å²) in [5.41, 5.74) is 3.26. The molecule has 0 saturated heterocycles. The number of hydrogen-bond donors (Lipinski definition) is 2. The van der Waals surface area contributed by atoms with Crippen molar-refractivity contribution in [3.8, 4) is 0 Å². The Bertz CT molecular complexity index is 734. The number of rotatable bonds is 5. The predicted octanol–water partition coefficient (Wildman–Crippen LogP) is 2.54. The SMILES string of the molecule is C=C(C)N=C(/C=c1\[nH]/c(=C/C)c(C(=O)O)c1C)C(=C)CC. The number of allylic oxidation sites excluding steroid dienone is 2. The van der Waals surface area contributed by atoms with E-state index in [4.69, 9.17) is 0 Å². The van der Waals surface area contributed by atoms with Crippen LogP contribution in [0, 0.1) is 6.92 Å². The topological polar surface area (TPSA) is 65.5 Å². The van der Waals surface area contributed by atoms with E-state index in [-0.39, 0.29) is 0 Å². The van der Waals surface area contributed by atoms with E-state index in [0.717, 1.165) is 17.3 Å². The molecule has 0 aliphatic heterocycles. The number of nitrogens with one attached hydrogen (secondary N) is 1. The van der Waals surface area contributed by atoms with Crippen LogP contribution in [0.15, 0.2) is 29.4 Å². The van der Waals surface area contributed by atoms with Gasteiger partial charge in [0.2, 0.25) is 0 Å². The molecule has 112 valence electrons. The molecule has 0 saturated carbocycles. The van der Waals surface area contributed by atoms with Gasteiger partial charge in [-0.1, -0.05) is 26.2 Å². The van der Waals surface area contributed by atoms with Crippen LogP contribution in [-0.4, -0.2) is 21.8 Å². The summed E-state index contributed by atoms with van der Waals surface area (Å²) in [6.07, 6.45) is 4.34. The molecular formula is C17H22N2O2. The van der Waals surface area contributed by atoms with Gasteiger partial charge in [0.05, 0.1) is 11.3 Å². The molecule has 0 aliphatic rings. The number of carboxylic acid groups (broad SMARTS) is 1. The smallest absolute Gasteiger partial charge is 0.338 e. The highest BCUT2D eigenvalue weighted by Gasteiger charge is 2.12. The predicted molar refractivity (Wildman–Crippen MR) is 88.0 cm³/mol. The molecule has 4 heteroatoms. The molecule has 21 heavy (non-hydrogen) atoms. The summed E-state index contributed by atoms with van der Waals surface area (Å²) >= 11 is 0. The fourth-order valence-electron chi connectivity index (χ4n) is 2.01. The van der Waals surface area contributed by atoms with Crippen molar-refractivity contribution >= 4 is 23.8 Å². The van der Waals surface area contributed by atoms with Gasteiger partial charge in [0.25, 0.3) is 0 Å². The minimum absolute atomic E-state index is 0.292. The van der Waals surface area contributed by atoms with Gasteiger partial charge in [-0.15, -0.1) is 0 Å². The lowest BCUT2D eigenvalue weighted by Crippen LogP contribution is -2.15. The zero-order valence-electron chi connectivity index (χ0n) is 13.1. The lowest BCUT2D eigenvalue weighted by Gasteiger charge is -2.02. The van der Waals surface area contributed by atoms with E-state index in [9.17, 15) is 9.90 Å². The molecule has 0 spiro atoms. The zero-order valence-corrected chi connectivity index (χ0v) is 13.1. The van der Waals surface area contributed by atoms with Crippen molar-refractivity contribution in [3.05, 3.63) is 46.3 Å². The second-order valence-electron chi connectivity index (χ2n) is 4.88. The Morgan fingerprint density at radius 3 is 2.38 bits per heavy atom. The van der Waals surface area contributed by atoms with Gasteiger partial charge in [0, 0.05) is 16.4 Å². The summed E-state index contributed by atoms with van der Waals surface area (Å²) in [6.45, 7) is 15.2. The molecule has 0 bridgehead atoms. The summed E-state index contributed by atoms with van der Waals surface area (Å²) < 4.78 is 0. The molecule has 0 amide bonds. The average molecular weight is 286 g/mol. The van der Waals surface area contributed by atoms with Crippen LogP contribution in [-0.2, 0) is 0 Å². The number of H-pyrrole nitrogens is 1. The third-order valence-corrected chi connectivity index (χ3v) is 3.20. The summed E-state index contributed by atoms with van der Waals surface area (Å²) in [4.78, 5) is 18.9. The van der Waals surface area contributed by atoms with Crippen LogP contribution in [0.25, 0.3) is 12.2 Å². The monoisotopic (exact) mass is 286 g/mol. The molecule has 0 aromatic carbocycles. The van der Waals surface area contributed by atoms with Crippen LogP contribution >= 0.6 is 0 Å². The number of carboxylic acids is 1. The van der Waals surface area contributed by atoms with Gasteiger partial charge < -0.3 is 10.1 Å². The van der Waals surface area contributed by atoms with E-state index in [1.54, 1.807) is 19.9 Å². The first kappa shape index (κ1) is 16.7. The maximum Gasteiger partial charge on any atom is 0.338 e. The van der Waals surface area contributed by atoms with E-state index < -0.39 is 5.97 Å². The molecular weight excluding hydrogens is 264 g/mol. The molecule has 1 aromatic heterocycles. The number of aliphatic imine (C=N–C) groups is 1. The van der Waals surface area contributed by atoms with Crippen LogP contribution in [0.1, 0.15) is 43.1 Å². The van der Waals surface area contributed by atoms with Crippen LogP contribution < -0.4 is 10.7 Å². The molecule has 1 aromatic rings. The van der Waals surface area contributed by atoms with Gasteiger partial charge >= 0.3 is 5.97 Å². The fourth-order valence-corrected chi connectivity index (χ4v) is 2.01. The van der Waals surface area contributed by atoms with Crippen molar-refractivity contribution in [3.63, 3.8) is 0 Å². The molecule has 0 atom stereocenters. The first-order valence-electron chi connectivity index (χ1n) is 6.84. The lowest BCUT2D eigenvalue weighted by molar-refractivity contribution is 0.0695. The van der Waals surface area contributed by atoms with E-state index in [0.29, 0.717) is 27.9 Å². The Balaban J connectivity index is 3.62. The summed E-state index contributed by atoms with van der Waals surface area (Å²) in [5, 5.41) is 10.6. The number of carbonyl (C=O) groups is 1. The van der Waals surface area contributed by atoms with Gasteiger partial charge in [-0.05, 0) is 44.4 Å². The largest absolute Gasteiger partial charge is 0.478 e. The van der Waals surface area contributed by atoms with Crippen molar-refractivity contribution in [2.24, 2.45) is 4.99 Å². The first-order valence-corrected chi connectivity index (χ1v) is 6.84. The average Bonchev–Trinajstić information content (AvgIpc) is 2.73. The van der Waals surface area contributed by atoms with Gasteiger partial charge in [0.15, 0.2) is 0 Å². The first-order chi connectivity index (χ1) is 9.81. The number of aromatic amines is 1. The lowest BCUT2D eigenvalue weighted by atomic mass is 10.1. The van der Waals surface area contributed by atoms with Crippen LogP contribution in [0.2, 0.25) is 0 Å². The quantitative estimate of drug-likeness (QED) is 0.817. The van der Waals surface area contributed by atoms with Gasteiger partial charge in [-0.25, -0.2) is 4.79 Å². The maximum atomic E-state index is 11.4. The Hall–Kier alpha value is -2.36. The Morgan fingerprint density at radius 2 is 2.00 bits per heavy atom. The molecule has 0 radical (unpaired) electrons. The highest BCUT2D eigenvalue weighted by Crippen LogP contribution is 2.06. The van der Waals surface area contributed by atoms with Crippen LogP contribution in [0.3, 0.4) is 0 Å². The fraction of sp³-hybridized carbons (Fsp3) is 0.294. The van der Waals surface area contributed by atoms with E-state index in [1.807, 2.05) is 19.9 Å². The second-order valence-corrected chi connectivity index (χ2v) is 4.88. The number of aromatic nitrogens is 1. The molecule has 1 rings (SSSR count). The minimum Gasteiger partial charge on any atom is -0.478 e. The number of nitrogens with zero attached hydrogens (tertiary/aromatic N) is 1. The van der Waals surface area contributed by atoms with E-state index >= 15 is 0 Å². The van der Waals surface area contributed by atoms with Crippen molar-refractivity contribution in [1.29, 1.82) is 0 Å². The summed E-state index contributed by atoms with van der Waals surface area (Å²) in [6, 6.07) is 0. The molecule has 1 heterocycles. The third-order valence-electron chi connectivity index (χ3n) is 3.20. The molecule has 0 unspecified atom stereocenters. The minimum atomic E-state index is -0.941. The number of aromatic carboxylic acids is 1. The third kappa shape index (κ3) is 3.81. The summed E-state index contributed by atoms with van der Waals surface area (Å²) in [5.74, 6) is -0.941. The Kier molecular flexibility index (Phi) is 5.47. The van der Waals surface area contributed by atoms with E-state index in [2.05, 4.69) is 23.1 Å². The summed E-state index contributed by atoms with van der Waals surface area (Å²) in [7, 11) is 0. The molecule has 2 N–H and O–H groups in total.